The Labute approximate surface area is 206 Å². The molecule has 0 spiro atoms. The van der Waals surface area contributed by atoms with Crippen molar-refractivity contribution in [1.82, 2.24) is 5.32 Å². The molecule has 3 aromatic rings. The quantitative estimate of drug-likeness (QED) is 0.454. The summed E-state index contributed by atoms with van der Waals surface area (Å²) in [6.07, 6.45) is 0.453. The molecule has 0 aromatic heterocycles. The van der Waals surface area contributed by atoms with Crippen molar-refractivity contribution in [2.75, 3.05) is 13.2 Å². The van der Waals surface area contributed by atoms with Crippen LogP contribution in [0.25, 0.3) is 0 Å². The Bertz CT molecular complexity index is 1210. The molecule has 6 nitrogen and oxygen atoms in total. The van der Waals surface area contributed by atoms with Crippen molar-refractivity contribution in [3.05, 3.63) is 99.5 Å². The van der Waals surface area contributed by atoms with Crippen molar-refractivity contribution >= 4 is 27.7 Å². The van der Waals surface area contributed by atoms with E-state index in [0.717, 1.165) is 26.7 Å². The van der Waals surface area contributed by atoms with E-state index in [0.29, 0.717) is 37.6 Å². The average Bonchev–Trinajstić information content (AvgIpc) is 3.20. The van der Waals surface area contributed by atoms with Crippen molar-refractivity contribution in [1.29, 1.82) is 0 Å². The van der Waals surface area contributed by atoms with E-state index in [2.05, 4.69) is 21.2 Å². The molecule has 0 fully saturated rings. The van der Waals surface area contributed by atoms with E-state index in [4.69, 9.17) is 19.6 Å². The van der Waals surface area contributed by atoms with Crippen LogP contribution in [0.1, 0.15) is 34.8 Å². The Morgan fingerprint density at radius 3 is 2.62 bits per heavy atom. The number of benzene rings is 3. The Morgan fingerprint density at radius 1 is 1.09 bits per heavy atom. The van der Waals surface area contributed by atoms with Crippen molar-refractivity contribution < 1.29 is 19.4 Å². The first kappa shape index (κ1) is 22.6. The summed E-state index contributed by atoms with van der Waals surface area (Å²) < 4.78 is 13.1. The molecule has 3 aromatic carbocycles. The number of hydrogen-bond donors (Lipinski definition) is 2. The Kier molecular flexibility index (Phi) is 6.39. The lowest BCUT2D eigenvalue weighted by atomic mass is 9.82. The lowest BCUT2D eigenvalue weighted by Crippen LogP contribution is -2.47. The van der Waals surface area contributed by atoms with Gasteiger partial charge in [-0.05, 0) is 47.5 Å². The predicted molar refractivity (Wildman–Crippen MR) is 133 cm³/mol. The molecule has 5 rings (SSSR count). The summed E-state index contributed by atoms with van der Waals surface area (Å²) in [7, 11) is 0. The van der Waals surface area contributed by atoms with E-state index in [1.807, 2.05) is 72.8 Å². The summed E-state index contributed by atoms with van der Waals surface area (Å²) in [6, 6.07) is 23.4. The SMILES string of the molecule is O=C1NCc2ccccc2[C@@H]2OC(c3ccc(OCCCO)cc3)=N[C@]12Cc1ccc(Br)cc1. The van der Waals surface area contributed by atoms with Crippen molar-refractivity contribution in [3.63, 3.8) is 0 Å². The summed E-state index contributed by atoms with van der Waals surface area (Å²) in [5.41, 5.74) is 2.67. The number of hydrogen-bond acceptors (Lipinski definition) is 5. The topological polar surface area (TPSA) is 80.2 Å². The molecule has 2 atom stereocenters. The second-order valence-corrected chi connectivity index (χ2v) is 9.39. The van der Waals surface area contributed by atoms with Crippen molar-refractivity contribution in [3.8, 4) is 5.75 Å². The van der Waals surface area contributed by atoms with Crippen LogP contribution in [0.15, 0.2) is 82.3 Å². The fourth-order valence-electron chi connectivity index (χ4n) is 4.45. The van der Waals surface area contributed by atoms with Crippen molar-refractivity contribution in [2.45, 2.75) is 31.0 Å². The highest BCUT2D eigenvalue weighted by Gasteiger charge is 2.54. The number of aliphatic hydroxyl groups excluding tert-OH is 1. The number of nitrogens with zero attached hydrogens (tertiary/aromatic N) is 1. The molecule has 2 aliphatic heterocycles. The van der Waals surface area contributed by atoms with E-state index in [1.54, 1.807) is 0 Å². The van der Waals surface area contributed by atoms with Crippen LogP contribution in [-0.4, -0.2) is 35.7 Å². The first-order chi connectivity index (χ1) is 16.6. The second-order valence-electron chi connectivity index (χ2n) is 8.47. The lowest BCUT2D eigenvalue weighted by molar-refractivity contribution is -0.128. The van der Waals surface area contributed by atoms with Crippen LogP contribution in [-0.2, 0) is 22.5 Å². The minimum atomic E-state index is -1.12. The molecule has 0 bridgehead atoms. The summed E-state index contributed by atoms with van der Waals surface area (Å²) >= 11 is 3.48. The van der Waals surface area contributed by atoms with Crippen LogP contribution in [0.3, 0.4) is 0 Å². The molecule has 0 unspecified atom stereocenters. The molecule has 0 radical (unpaired) electrons. The number of aliphatic hydroxyl groups is 1. The minimum absolute atomic E-state index is 0.0914. The highest BCUT2D eigenvalue weighted by molar-refractivity contribution is 9.10. The van der Waals surface area contributed by atoms with Gasteiger partial charge in [0, 0.05) is 41.6 Å². The van der Waals surface area contributed by atoms with Gasteiger partial charge in [-0.25, -0.2) is 4.99 Å². The lowest BCUT2D eigenvalue weighted by Gasteiger charge is -2.28. The van der Waals surface area contributed by atoms with Gasteiger partial charge in [-0.15, -0.1) is 0 Å². The van der Waals surface area contributed by atoms with E-state index >= 15 is 0 Å². The molecule has 0 saturated carbocycles. The molecule has 0 aliphatic carbocycles. The molecule has 174 valence electrons. The van der Waals surface area contributed by atoms with Gasteiger partial charge >= 0.3 is 0 Å². The summed E-state index contributed by atoms with van der Waals surface area (Å²) in [5, 5.41) is 12.0. The third-order valence-corrected chi connectivity index (χ3v) is 6.72. The van der Waals surface area contributed by atoms with E-state index < -0.39 is 11.6 Å². The number of carbonyl (C=O) groups excluding carboxylic acids is 1. The molecular formula is C27H25BrN2O4. The maximum atomic E-state index is 13.6. The van der Waals surface area contributed by atoms with Gasteiger partial charge in [0.25, 0.3) is 5.91 Å². The molecule has 2 aliphatic rings. The van der Waals surface area contributed by atoms with E-state index in [-0.39, 0.29) is 12.5 Å². The van der Waals surface area contributed by atoms with Crippen molar-refractivity contribution in [2.24, 2.45) is 4.99 Å². The van der Waals surface area contributed by atoms with Crippen LogP contribution >= 0.6 is 15.9 Å². The molecule has 2 heterocycles. The molecular weight excluding hydrogens is 496 g/mol. The third kappa shape index (κ3) is 4.33. The zero-order chi connectivity index (χ0) is 23.5. The van der Waals surface area contributed by atoms with Gasteiger partial charge in [-0.3, -0.25) is 4.79 Å². The normalized spacial score (nSPS) is 20.9. The number of nitrogens with one attached hydrogen (secondary N) is 1. The monoisotopic (exact) mass is 520 g/mol. The fourth-order valence-corrected chi connectivity index (χ4v) is 4.72. The van der Waals surface area contributed by atoms with Crippen LogP contribution in [0, 0.1) is 0 Å². The number of amides is 1. The first-order valence-corrected chi connectivity index (χ1v) is 12.1. The van der Waals surface area contributed by atoms with Gasteiger partial charge in [0.1, 0.15) is 5.75 Å². The predicted octanol–water partition coefficient (Wildman–Crippen LogP) is 4.34. The van der Waals surface area contributed by atoms with Crippen LogP contribution in [0.4, 0.5) is 0 Å². The van der Waals surface area contributed by atoms with E-state index in [1.165, 1.54) is 0 Å². The van der Waals surface area contributed by atoms with Gasteiger partial charge in [-0.1, -0.05) is 52.3 Å². The highest BCUT2D eigenvalue weighted by atomic mass is 79.9. The summed E-state index contributed by atoms with van der Waals surface area (Å²) in [5.74, 6) is 1.00. The maximum Gasteiger partial charge on any atom is 0.252 e. The number of halogens is 1. The fraction of sp³-hybridized carbons (Fsp3) is 0.259. The van der Waals surface area contributed by atoms with E-state index in [9.17, 15) is 4.79 Å². The minimum Gasteiger partial charge on any atom is -0.494 e. The molecule has 0 saturated heterocycles. The zero-order valence-electron chi connectivity index (χ0n) is 18.5. The third-order valence-electron chi connectivity index (χ3n) is 6.19. The average molecular weight is 521 g/mol. The van der Waals surface area contributed by atoms with Crippen LogP contribution in [0.2, 0.25) is 0 Å². The standard InChI is InChI=1S/C27H25BrN2O4/c28-21-10-6-18(7-11-21)16-27-24(23-5-2-1-4-20(23)17-29-26(27)32)34-25(30-27)19-8-12-22(13-9-19)33-15-3-14-31/h1-2,4-13,24,31H,3,14-17H2,(H,29,32)/t24-,27-/m0/s1. The first-order valence-electron chi connectivity index (χ1n) is 11.3. The van der Waals surface area contributed by atoms with Crippen LogP contribution < -0.4 is 10.1 Å². The zero-order valence-corrected chi connectivity index (χ0v) is 20.1. The number of ether oxygens (including phenoxy) is 2. The second kappa shape index (κ2) is 9.60. The summed E-state index contributed by atoms with van der Waals surface area (Å²) in [4.78, 5) is 18.6. The molecule has 2 N–H and O–H groups in total. The van der Waals surface area contributed by atoms with Gasteiger partial charge in [-0.2, -0.15) is 0 Å². The number of carbonyl (C=O) groups is 1. The summed E-state index contributed by atoms with van der Waals surface area (Å²) in [6.45, 7) is 0.985. The maximum absolute atomic E-state index is 13.6. The molecule has 1 amide bonds. The number of fused-ring (bicyclic) bond motifs is 3. The largest absolute Gasteiger partial charge is 0.494 e. The smallest absolute Gasteiger partial charge is 0.252 e. The van der Waals surface area contributed by atoms with Gasteiger partial charge in [0.2, 0.25) is 5.90 Å². The van der Waals surface area contributed by atoms with Gasteiger partial charge < -0.3 is 19.9 Å². The number of aliphatic imine (C=N–C) groups is 1. The Hall–Kier alpha value is -3.16. The Morgan fingerprint density at radius 2 is 1.85 bits per heavy atom. The molecule has 34 heavy (non-hydrogen) atoms. The Balaban J connectivity index is 1.53. The molecule has 7 heteroatoms. The van der Waals surface area contributed by atoms with Crippen LogP contribution in [0.5, 0.6) is 5.75 Å². The number of rotatable bonds is 7. The van der Waals surface area contributed by atoms with Gasteiger partial charge in [0.05, 0.1) is 6.61 Å². The highest BCUT2D eigenvalue weighted by Crippen LogP contribution is 2.44. The van der Waals surface area contributed by atoms with Gasteiger partial charge in [0.15, 0.2) is 11.6 Å².